The van der Waals surface area contributed by atoms with Crippen LogP contribution in [0.2, 0.25) is 0 Å². The van der Waals surface area contributed by atoms with Crippen molar-refractivity contribution in [2.24, 2.45) is 5.92 Å². The lowest BCUT2D eigenvalue weighted by Gasteiger charge is -2.10. The number of thioether (sulfide) groups is 1. The Labute approximate surface area is 75.4 Å². The summed E-state index contributed by atoms with van der Waals surface area (Å²) >= 11 is 6.73. The lowest BCUT2D eigenvalue weighted by atomic mass is 10.1. The predicted molar refractivity (Wildman–Crippen MR) is 48.3 cm³/mol. The lowest BCUT2D eigenvalue weighted by molar-refractivity contribution is -0.111. The SMILES string of the molecule is CC(C)C1=CSC(C(=O)Cl)N1. The van der Waals surface area contributed by atoms with Crippen molar-refractivity contribution in [3.8, 4) is 0 Å². The van der Waals surface area contributed by atoms with E-state index in [1.54, 1.807) is 0 Å². The van der Waals surface area contributed by atoms with Gasteiger partial charge in [0.15, 0.2) is 5.37 Å². The Bertz CT molecular complexity index is 203. The van der Waals surface area contributed by atoms with Crippen LogP contribution in [-0.4, -0.2) is 10.6 Å². The van der Waals surface area contributed by atoms with E-state index in [1.165, 1.54) is 11.8 Å². The summed E-state index contributed by atoms with van der Waals surface area (Å²) in [4.78, 5) is 10.7. The Balaban J connectivity index is 2.49. The molecule has 0 radical (unpaired) electrons. The van der Waals surface area contributed by atoms with E-state index in [2.05, 4.69) is 19.2 Å². The molecule has 0 aromatic heterocycles. The molecule has 1 aliphatic rings. The van der Waals surface area contributed by atoms with Crippen molar-refractivity contribution in [3.05, 3.63) is 11.1 Å². The first-order chi connectivity index (χ1) is 5.11. The third kappa shape index (κ3) is 2.14. The normalized spacial score (nSPS) is 23.3. The topological polar surface area (TPSA) is 29.1 Å². The number of halogens is 1. The van der Waals surface area contributed by atoms with Crippen LogP contribution in [0.3, 0.4) is 0 Å². The van der Waals surface area contributed by atoms with Gasteiger partial charge in [-0.1, -0.05) is 25.6 Å². The molecule has 0 amide bonds. The Hall–Kier alpha value is -0.150. The highest BCUT2D eigenvalue weighted by Crippen LogP contribution is 2.26. The maximum Gasteiger partial charge on any atom is 0.254 e. The van der Waals surface area contributed by atoms with Crippen LogP contribution in [0.25, 0.3) is 0 Å². The zero-order valence-corrected chi connectivity index (χ0v) is 8.00. The van der Waals surface area contributed by atoms with Gasteiger partial charge < -0.3 is 5.32 Å². The molecule has 1 unspecified atom stereocenters. The van der Waals surface area contributed by atoms with Gasteiger partial charge in [-0.15, -0.1) is 0 Å². The number of rotatable bonds is 2. The molecule has 1 atom stereocenters. The average Bonchev–Trinajstić information content (AvgIpc) is 2.33. The highest BCUT2D eigenvalue weighted by molar-refractivity contribution is 8.03. The van der Waals surface area contributed by atoms with Gasteiger partial charge in [0.05, 0.1) is 0 Å². The predicted octanol–water partition coefficient (Wildman–Crippen LogP) is 1.91. The Kier molecular flexibility index (Phi) is 2.84. The molecule has 1 N–H and O–H groups in total. The number of allylic oxidation sites excluding steroid dienone is 1. The fraction of sp³-hybridized carbons (Fsp3) is 0.571. The zero-order valence-electron chi connectivity index (χ0n) is 6.43. The largest absolute Gasteiger partial charge is 0.369 e. The Morgan fingerprint density at radius 3 is 2.73 bits per heavy atom. The van der Waals surface area contributed by atoms with E-state index in [1.807, 2.05) is 5.41 Å². The van der Waals surface area contributed by atoms with Crippen LogP contribution in [-0.2, 0) is 4.79 Å². The maximum atomic E-state index is 10.7. The molecule has 4 heteroatoms. The highest BCUT2D eigenvalue weighted by Gasteiger charge is 2.23. The van der Waals surface area contributed by atoms with Crippen molar-refractivity contribution in [1.29, 1.82) is 0 Å². The third-order valence-corrected chi connectivity index (χ3v) is 2.80. The fourth-order valence-electron chi connectivity index (χ4n) is 0.774. The van der Waals surface area contributed by atoms with Crippen molar-refractivity contribution < 1.29 is 4.79 Å². The highest BCUT2D eigenvalue weighted by atomic mass is 35.5. The minimum Gasteiger partial charge on any atom is -0.369 e. The molecular formula is C7H10ClNOS. The smallest absolute Gasteiger partial charge is 0.254 e. The van der Waals surface area contributed by atoms with Gasteiger partial charge in [-0.2, -0.15) is 0 Å². The molecule has 1 rings (SSSR count). The fourth-order valence-corrected chi connectivity index (χ4v) is 1.92. The first kappa shape index (κ1) is 8.94. The zero-order chi connectivity index (χ0) is 8.43. The van der Waals surface area contributed by atoms with Gasteiger partial charge in [0.2, 0.25) is 0 Å². The Morgan fingerprint density at radius 2 is 2.45 bits per heavy atom. The summed E-state index contributed by atoms with van der Waals surface area (Å²) in [6.07, 6.45) is 0. The molecular weight excluding hydrogens is 182 g/mol. The molecule has 62 valence electrons. The van der Waals surface area contributed by atoms with E-state index in [9.17, 15) is 4.79 Å². The molecule has 0 bridgehead atoms. The van der Waals surface area contributed by atoms with Gasteiger partial charge in [0.25, 0.3) is 5.24 Å². The van der Waals surface area contributed by atoms with Crippen molar-refractivity contribution in [2.75, 3.05) is 0 Å². The van der Waals surface area contributed by atoms with Crippen LogP contribution in [0.1, 0.15) is 13.8 Å². The average molecular weight is 192 g/mol. The van der Waals surface area contributed by atoms with E-state index in [-0.39, 0.29) is 10.6 Å². The van der Waals surface area contributed by atoms with Crippen LogP contribution >= 0.6 is 23.4 Å². The molecule has 1 heterocycles. The number of hydrogen-bond acceptors (Lipinski definition) is 3. The summed E-state index contributed by atoms with van der Waals surface area (Å²) < 4.78 is 0. The summed E-state index contributed by atoms with van der Waals surface area (Å²) in [7, 11) is 0. The van der Waals surface area contributed by atoms with E-state index in [0.717, 1.165) is 5.70 Å². The first-order valence-corrected chi connectivity index (χ1v) is 4.74. The summed E-state index contributed by atoms with van der Waals surface area (Å²) in [5.74, 6) is 0.434. The standard InChI is InChI=1S/C7H10ClNOS/c1-4(2)5-3-11-7(9-5)6(8)10/h3-4,7,9H,1-2H3. The van der Waals surface area contributed by atoms with Crippen molar-refractivity contribution in [2.45, 2.75) is 19.2 Å². The second-order valence-electron chi connectivity index (χ2n) is 2.69. The van der Waals surface area contributed by atoms with E-state index >= 15 is 0 Å². The minimum atomic E-state index is -0.332. The summed E-state index contributed by atoms with van der Waals surface area (Å²) in [5, 5.41) is 4.39. The van der Waals surface area contributed by atoms with Crippen LogP contribution < -0.4 is 5.32 Å². The van der Waals surface area contributed by atoms with Crippen LogP contribution in [0.4, 0.5) is 0 Å². The molecule has 0 fully saturated rings. The monoisotopic (exact) mass is 191 g/mol. The molecule has 1 aliphatic heterocycles. The van der Waals surface area contributed by atoms with E-state index in [4.69, 9.17) is 11.6 Å². The quantitative estimate of drug-likeness (QED) is 0.677. The number of carbonyl (C=O) groups is 1. The maximum absolute atomic E-state index is 10.7. The van der Waals surface area contributed by atoms with Gasteiger partial charge in [-0.05, 0) is 22.9 Å². The molecule has 11 heavy (non-hydrogen) atoms. The summed E-state index contributed by atoms with van der Waals surface area (Å²) in [6.45, 7) is 4.14. The number of carbonyl (C=O) groups excluding carboxylic acids is 1. The number of hydrogen-bond donors (Lipinski definition) is 1. The molecule has 0 saturated carbocycles. The van der Waals surface area contributed by atoms with Crippen molar-refractivity contribution in [3.63, 3.8) is 0 Å². The molecule has 0 aromatic carbocycles. The van der Waals surface area contributed by atoms with Gasteiger partial charge >= 0.3 is 0 Å². The Morgan fingerprint density at radius 1 is 1.82 bits per heavy atom. The summed E-state index contributed by atoms with van der Waals surface area (Å²) in [6, 6.07) is 0. The second kappa shape index (κ2) is 3.50. The molecule has 2 nitrogen and oxygen atoms in total. The van der Waals surface area contributed by atoms with Gasteiger partial charge in [-0.25, -0.2) is 0 Å². The summed E-state index contributed by atoms with van der Waals surface area (Å²) in [5.41, 5.74) is 1.09. The van der Waals surface area contributed by atoms with Crippen LogP contribution in [0, 0.1) is 5.92 Å². The molecule has 0 aliphatic carbocycles. The number of nitrogens with one attached hydrogen (secondary N) is 1. The third-order valence-electron chi connectivity index (χ3n) is 1.46. The molecule has 0 saturated heterocycles. The van der Waals surface area contributed by atoms with Gasteiger partial charge in [0.1, 0.15) is 0 Å². The van der Waals surface area contributed by atoms with Crippen molar-refractivity contribution in [1.82, 2.24) is 5.32 Å². The van der Waals surface area contributed by atoms with Gasteiger partial charge in [0, 0.05) is 5.70 Å². The van der Waals surface area contributed by atoms with Crippen LogP contribution in [0.15, 0.2) is 11.1 Å². The lowest BCUT2D eigenvalue weighted by Crippen LogP contribution is -2.27. The second-order valence-corrected chi connectivity index (χ2v) is 4.04. The van der Waals surface area contributed by atoms with Crippen LogP contribution in [0.5, 0.6) is 0 Å². The first-order valence-electron chi connectivity index (χ1n) is 3.42. The molecule has 0 spiro atoms. The van der Waals surface area contributed by atoms with E-state index < -0.39 is 0 Å². The molecule has 0 aromatic rings. The van der Waals surface area contributed by atoms with Crippen molar-refractivity contribution >= 4 is 28.6 Å². The minimum absolute atomic E-state index is 0.269. The van der Waals surface area contributed by atoms with E-state index in [0.29, 0.717) is 5.92 Å². The van der Waals surface area contributed by atoms with Gasteiger partial charge in [-0.3, -0.25) is 4.79 Å².